The van der Waals surface area contributed by atoms with Crippen LogP contribution in [-0.2, 0) is 6.67 Å². The van der Waals surface area contributed by atoms with E-state index in [2.05, 4.69) is 16.4 Å². The molecule has 2 aliphatic rings. The van der Waals surface area contributed by atoms with Crippen LogP contribution in [-0.4, -0.2) is 28.3 Å². The molecular formula is C21H25FN2O. The van der Waals surface area contributed by atoms with Gasteiger partial charge in [-0.05, 0) is 55.4 Å². The molecule has 0 radical (unpaired) electrons. The molecule has 4 rings (SSSR count). The summed E-state index contributed by atoms with van der Waals surface area (Å²) in [6.45, 7) is -0.445. The highest BCUT2D eigenvalue weighted by molar-refractivity contribution is 5.60. The Morgan fingerprint density at radius 1 is 1.12 bits per heavy atom. The summed E-state index contributed by atoms with van der Waals surface area (Å²) < 4.78 is 12.8. The molecule has 0 spiro atoms. The number of halogens is 1. The molecule has 1 heterocycles. The molecular weight excluding hydrogens is 315 g/mol. The first-order chi connectivity index (χ1) is 12.2. The molecule has 1 aromatic carbocycles. The van der Waals surface area contributed by atoms with Crippen LogP contribution >= 0.6 is 0 Å². The van der Waals surface area contributed by atoms with E-state index in [1.807, 2.05) is 30.5 Å². The predicted molar refractivity (Wildman–Crippen MR) is 97.0 cm³/mol. The third-order valence-electron chi connectivity index (χ3n) is 5.53. The van der Waals surface area contributed by atoms with Gasteiger partial charge in [-0.25, -0.2) is 4.39 Å². The molecule has 2 aliphatic carbocycles. The first-order valence-corrected chi connectivity index (χ1v) is 9.28. The Hall–Kier alpha value is -1.78. The Morgan fingerprint density at radius 2 is 1.96 bits per heavy atom. The largest absolute Gasteiger partial charge is 0.393 e. The fraction of sp³-hybridized carbons (Fsp3) is 0.476. The number of hydrogen-bond acceptors (Lipinski definition) is 3. The number of alkyl halides is 1. The maximum atomic E-state index is 12.8. The van der Waals surface area contributed by atoms with Crippen molar-refractivity contribution in [1.29, 1.82) is 0 Å². The molecule has 2 atom stereocenters. The lowest BCUT2D eigenvalue weighted by Crippen LogP contribution is -2.36. The summed E-state index contributed by atoms with van der Waals surface area (Å²) in [5.74, 6) is 0.547. The fourth-order valence-corrected chi connectivity index (χ4v) is 3.90. The normalized spacial score (nSPS) is 28.7. The van der Waals surface area contributed by atoms with Crippen LogP contribution in [0.15, 0.2) is 42.6 Å². The minimum atomic E-state index is -0.445. The van der Waals surface area contributed by atoms with E-state index in [0.29, 0.717) is 23.6 Å². The van der Waals surface area contributed by atoms with Crippen LogP contribution in [0.1, 0.15) is 49.1 Å². The number of aliphatic hydroxyl groups is 1. The van der Waals surface area contributed by atoms with Crippen LogP contribution in [0.2, 0.25) is 0 Å². The number of benzene rings is 1. The number of aromatic nitrogens is 1. The summed E-state index contributed by atoms with van der Waals surface area (Å²) in [6.07, 6.45) is 7.03. The molecule has 0 saturated heterocycles. The van der Waals surface area contributed by atoms with E-state index in [4.69, 9.17) is 0 Å². The molecule has 0 amide bonds. The van der Waals surface area contributed by atoms with E-state index < -0.39 is 6.67 Å². The van der Waals surface area contributed by atoms with Crippen molar-refractivity contribution in [3.05, 3.63) is 53.7 Å². The minimum Gasteiger partial charge on any atom is -0.393 e. The fourth-order valence-electron chi connectivity index (χ4n) is 3.90. The maximum Gasteiger partial charge on any atom is 0.115 e. The summed E-state index contributed by atoms with van der Waals surface area (Å²) in [5, 5.41) is 13.3. The topological polar surface area (TPSA) is 45.1 Å². The average molecular weight is 340 g/mol. The molecule has 25 heavy (non-hydrogen) atoms. The van der Waals surface area contributed by atoms with Crippen LogP contribution < -0.4 is 5.32 Å². The van der Waals surface area contributed by atoms with Crippen molar-refractivity contribution in [1.82, 2.24) is 10.3 Å². The average Bonchev–Trinajstić information content (AvgIpc) is 3.43. The lowest BCUT2D eigenvalue weighted by Gasteiger charge is -2.26. The second-order valence-corrected chi connectivity index (χ2v) is 7.43. The van der Waals surface area contributed by atoms with E-state index in [1.165, 1.54) is 5.56 Å². The van der Waals surface area contributed by atoms with Gasteiger partial charge in [-0.15, -0.1) is 0 Å². The van der Waals surface area contributed by atoms with Gasteiger partial charge in [0.25, 0.3) is 0 Å². The third kappa shape index (κ3) is 3.91. The van der Waals surface area contributed by atoms with Gasteiger partial charge in [0.1, 0.15) is 6.67 Å². The van der Waals surface area contributed by atoms with Gasteiger partial charge < -0.3 is 10.4 Å². The zero-order valence-corrected chi connectivity index (χ0v) is 14.4. The summed E-state index contributed by atoms with van der Waals surface area (Å²) in [7, 11) is 0. The minimum absolute atomic E-state index is 0.0966. The first kappa shape index (κ1) is 16.7. The Morgan fingerprint density at radius 3 is 2.68 bits per heavy atom. The molecule has 1 aromatic heterocycles. The Kier molecular flexibility index (Phi) is 4.82. The summed E-state index contributed by atoms with van der Waals surface area (Å²) in [5.41, 5.74) is 3.82. The maximum absolute atomic E-state index is 12.8. The highest BCUT2D eigenvalue weighted by atomic mass is 19.1. The highest BCUT2D eigenvalue weighted by Gasteiger charge is 2.40. The van der Waals surface area contributed by atoms with Gasteiger partial charge in [-0.3, -0.25) is 4.98 Å². The number of hydrogen-bond donors (Lipinski definition) is 2. The molecule has 0 unspecified atom stereocenters. The van der Waals surface area contributed by atoms with Crippen LogP contribution in [0.3, 0.4) is 0 Å². The van der Waals surface area contributed by atoms with E-state index >= 15 is 0 Å². The number of aliphatic hydroxyl groups excluding tert-OH is 1. The molecule has 2 saturated carbocycles. The van der Waals surface area contributed by atoms with Gasteiger partial charge in [0.05, 0.1) is 11.8 Å². The van der Waals surface area contributed by atoms with Crippen LogP contribution in [0.5, 0.6) is 0 Å². The molecule has 132 valence electrons. The van der Waals surface area contributed by atoms with Crippen molar-refractivity contribution in [2.24, 2.45) is 0 Å². The van der Waals surface area contributed by atoms with Gasteiger partial charge in [0.15, 0.2) is 0 Å². The quantitative estimate of drug-likeness (QED) is 0.866. The first-order valence-electron chi connectivity index (χ1n) is 9.28. The second-order valence-electron chi connectivity index (χ2n) is 7.43. The van der Waals surface area contributed by atoms with Crippen molar-refractivity contribution in [3.8, 4) is 11.3 Å². The van der Waals surface area contributed by atoms with Crippen molar-refractivity contribution >= 4 is 0 Å². The van der Waals surface area contributed by atoms with Gasteiger partial charge in [-0.1, -0.05) is 24.3 Å². The van der Waals surface area contributed by atoms with Gasteiger partial charge in [0.2, 0.25) is 0 Å². The lowest BCUT2D eigenvalue weighted by molar-refractivity contribution is 0.116. The third-order valence-corrected chi connectivity index (χ3v) is 5.53. The summed E-state index contributed by atoms with van der Waals surface area (Å²) in [6, 6.07) is 12.8. The van der Waals surface area contributed by atoms with Gasteiger partial charge in [-0.2, -0.15) is 0 Å². The molecule has 2 fully saturated rings. The predicted octanol–water partition coefficient (Wildman–Crippen LogP) is 3.97. The van der Waals surface area contributed by atoms with Crippen molar-refractivity contribution in [2.75, 3.05) is 0 Å². The van der Waals surface area contributed by atoms with Crippen molar-refractivity contribution in [3.63, 3.8) is 0 Å². The van der Waals surface area contributed by atoms with E-state index in [9.17, 15) is 9.50 Å². The monoisotopic (exact) mass is 340 g/mol. The van der Waals surface area contributed by atoms with Crippen LogP contribution in [0.4, 0.5) is 4.39 Å². The molecule has 2 N–H and O–H groups in total. The SMILES string of the molecule is OC1CCC(N[C@H]2C[C@@H]2c2ccc(-c3cccc(CF)c3)nc2)CC1. The van der Waals surface area contributed by atoms with E-state index in [-0.39, 0.29) is 6.10 Å². The number of nitrogens with one attached hydrogen (secondary N) is 1. The molecule has 2 aromatic rings. The molecule has 3 nitrogen and oxygen atoms in total. The molecule has 0 aliphatic heterocycles. The van der Waals surface area contributed by atoms with Gasteiger partial charge in [0, 0.05) is 29.8 Å². The Labute approximate surface area is 148 Å². The molecule has 0 bridgehead atoms. The standard InChI is InChI=1S/C21H25FN2O/c22-12-14-2-1-3-15(10-14)20-9-4-16(13-23-20)19-11-21(19)24-17-5-7-18(25)8-6-17/h1-4,9-10,13,17-19,21,24-25H,5-8,11-12H2/t17?,18?,19-,21+/m1/s1. The molecule has 4 heteroatoms. The Balaban J connectivity index is 1.36. The smallest absolute Gasteiger partial charge is 0.115 e. The summed E-state index contributed by atoms with van der Waals surface area (Å²) >= 11 is 0. The van der Waals surface area contributed by atoms with Crippen molar-refractivity contribution < 1.29 is 9.50 Å². The summed E-state index contributed by atoms with van der Waals surface area (Å²) in [4.78, 5) is 4.59. The van der Waals surface area contributed by atoms with E-state index in [1.54, 1.807) is 6.07 Å². The Bertz CT molecular complexity index is 710. The van der Waals surface area contributed by atoms with Gasteiger partial charge >= 0.3 is 0 Å². The zero-order valence-electron chi connectivity index (χ0n) is 14.4. The van der Waals surface area contributed by atoms with E-state index in [0.717, 1.165) is 43.4 Å². The van der Waals surface area contributed by atoms with Crippen LogP contribution in [0, 0.1) is 0 Å². The second kappa shape index (κ2) is 7.22. The zero-order chi connectivity index (χ0) is 17.2. The lowest BCUT2D eigenvalue weighted by atomic mass is 9.93. The van der Waals surface area contributed by atoms with Crippen LogP contribution in [0.25, 0.3) is 11.3 Å². The highest BCUT2D eigenvalue weighted by Crippen LogP contribution is 2.41. The number of rotatable bonds is 5. The number of pyridine rings is 1. The van der Waals surface area contributed by atoms with Crippen molar-refractivity contribution in [2.45, 2.75) is 62.9 Å². The number of nitrogens with zero attached hydrogens (tertiary/aromatic N) is 1.